The molecule has 1 aliphatic rings. The number of hydrogen-bond acceptors (Lipinski definition) is 4. The third kappa shape index (κ3) is 4.24. The van der Waals surface area contributed by atoms with Crippen LogP contribution in [-0.4, -0.2) is 32.2 Å². The number of amides is 1. The first-order valence-corrected chi connectivity index (χ1v) is 4.58. The second kappa shape index (κ2) is 6.56. The molecule has 0 aromatic heterocycles. The van der Waals surface area contributed by atoms with Crippen molar-refractivity contribution in [3.8, 4) is 0 Å². The first-order valence-electron chi connectivity index (χ1n) is 4.58. The van der Waals surface area contributed by atoms with Crippen molar-refractivity contribution in [2.75, 3.05) is 26.3 Å². The van der Waals surface area contributed by atoms with Crippen LogP contribution in [0.2, 0.25) is 0 Å². The molecule has 1 N–H and O–H groups in total. The third-order valence-corrected chi connectivity index (χ3v) is 1.66. The van der Waals surface area contributed by atoms with Gasteiger partial charge in [-0.3, -0.25) is 4.79 Å². The molecule has 0 aliphatic carbocycles. The molecule has 7 nitrogen and oxygen atoms in total. The quantitative estimate of drug-likeness (QED) is 0.314. The highest BCUT2D eigenvalue weighted by Gasteiger charge is 2.13. The molecule has 0 aromatic rings. The number of azide groups is 1. The Morgan fingerprint density at radius 1 is 1.67 bits per heavy atom. The summed E-state index contributed by atoms with van der Waals surface area (Å²) in [6.07, 6.45) is 1.90. The molecule has 0 bridgehead atoms. The summed E-state index contributed by atoms with van der Waals surface area (Å²) in [5.41, 5.74) is 8.00. The van der Waals surface area contributed by atoms with E-state index in [1.54, 1.807) is 0 Å². The summed E-state index contributed by atoms with van der Waals surface area (Å²) in [6, 6.07) is 0. The van der Waals surface area contributed by atoms with E-state index in [9.17, 15) is 4.79 Å². The maximum Gasteiger partial charge on any atom is 0.289 e. The van der Waals surface area contributed by atoms with E-state index in [-0.39, 0.29) is 11.7 Å². The van der Waals surface area contributed by atoms with Gasteiger partial charge < -0.3 is 14.8 Å². The fraction of sp³-hybridized carbons (Fsp3) is 0.625. The third-order valence-electron chi connectivity index (χ3n) is 1.66. The number of rotatable bonds is 5. The summed E-state index contributed by atoms with van der Waals surface area (Å²) < 4.78 is 9.99. The van der Waals surface area contributed by atoms with E-state index >= 15 is 0 Å². The number of hydrogen-bond donors (Lipinski definition) is 1. The second-order valence-electron chi connectivity index (χ2n) is 2.77. The SMILES string of the molecule is [N-]=[N+]=NCCCNC(=O)C1=COCCO1. The van der Waals surface area contributed by atoms with Crippen LogP contribution in [0.15, 0.2) is 17.1 Å². The van der Waals surface area contributed by atoms with Crippen LogP contribution >= 0.6 is 0 Å². The van der Waals surface area contributed by atoms with Crippen LogP contribution in [0, 0.1) is 0 Å². The average Bonchev–Trinajstić information content (AvgIpc) is 2.30. The summed E-state index contributed by atoms with van der Waals surface area (Å²) >= 11 is 0. The molecule has 1 aliphatic heterocycles. The van der Waals surface area contributed by atoms with Crippen molar-refractivity contribution >= 4 is 5.91 Å². The molecule has 1 amide bonds. The summed E-state index contributed by atoms with van der Waals surface area (Å²) in [6.45, 7) is 1.66. The fourth-order valence-corrected chi connectivity index (χ4v) is 0.971. The van der Waals surface area contributed by atoms with Crippen molar-refractivity contribution in [1.29, 1.82) is 0 Å². The first-order chi connectivity index (χ1) is 7.34. The van der Waals surface area contributed by atoms with Crippen LogP contribution in [0.4, 0.5) is 0 Å². The Hall–Kier alpha value is -1.88. The molecule has 82 valence electrons. The van der Waals surface area contributed by atoms with Crippen molar-refractivity contribution in [1.82, 2.24) is 5.32 Å². The van der Waals surface area contributed by atoms with Gasteiger partial charge >= 0.3 is 0 Å². The Morgan fingerprint density at radius 2 is 2.53 bits per heavy atom. The zero-order valence-corrected chi connectivity index (χ0v) is 8.18. The van der Waals surface area contributed by atoms with E-state index < -0.39 is 0 Å². The predicted molar refractivity (Wildman–Crippen MR) is 51.6 cm³/mol. The second-order valence-corrected chi connectivity index (χ2v) is 2.77. The topological polar surface area (TPSA) is 96.3 Å². The number of nitrogens with one attached hydrogen (secondary N) is 1. The van der Waals surface area contributed by atoms with Gasteiger partial charge in [0.05, 0.1) is 0 Å². The normalized spacial score (nSPS) is 14.0. The van der Waals surface area contributed by atoms with Crippen molar-refractivity contribution in [2.45, 2.75) is 6.42 Å². The molecule has 0 unspecified atom stereocenters. The molecule has 0 radical (unpaired) electrons. The van der Waals surface area contributed by atoms with Gasteiger partial charge in [-0.15, -0.1) is 0 Å². The Labute approximate surface area is 86.7 Å². The minimum atomic E-state index is -0.310. The van der Waals surface area contributed by atoms with Crippen LogP contribution in [0.5, 0.6) is 0 Å². The van der Waals surface area contributed by atoms with Gasteiger partial charge in [0.1, 0.15) is 19.5 Å². The number of ether oxygens (including phenoxy) is 2. The van der Waals surface area contributed by atoms with Crippen molar-refractivity contribution in [2.24, 2.45) is 5.11 Å². The van der Waals surface area contributed by atoms with E-state index in [2.05, 4.69) is 15.3 Å². The zero-order chi connectivity index (χ0) is 10.9. The molecule has 7 heteroatoms. The molecular formula is C8H12N4O3. The number of nitrogens with zero attached hydrogens (tertiary/aromatic N) is 3. The fourth-order valence-electron chi connectivity index (χ4n) is 0.971. The summed E-state index contributed by atoms with van der Waals surface area (Å²) in [5, 5.41) is 5.96. The lowest BCUT2D eigenvalue weighted by Crippen LogP contribution is -2.29. The van der Waals surface area contributed by atoms with Gasteiger partial charge in [0.25, 0.3) is 5.91 Å². The summed E-state index contributed by atoms with van der Waals surface area (Å²) in [7, 11) is 0. The lowest BCUT2D eigenvalue weighted by Gasteiger charge is -2.14. The van der Waals surface area contributed by atoms with E-state index in [0.717, 1.165) is 0 Å². The van der Waals surface area contributed by atoms with Gasteiger partial charge in [-0.1, -0.05) is 5.11 Å². The summed E-state index contributed by atoms with van der Waals surface area (Å²) in [4.78, 5) is 13.9. The lowest BCUT2D eigenvalue weighted by molar-refractivity contribution is -0.122. The van der Waals surface area contributed by atoms with Crippen LogP contribution in [0.25, 0.3) is 10.4 Å². The van der Waals surface area contributed by atoms with Crippen LogP contribution in [0.1, 0.15) is 6.42 Å². The summed E-state index contributed by atoms with van der Waals surface area (Å²) in [5.74, 6) is -0.124. The van der Waals surface area contributed by atoms with Crippen molar-refractivity contribution in [3.63, 3.8) is 0 Å². The van der Waals surface area contributed by atoms with Gasteiger partial charge in [0.2, 0.25) is 5.76 Å². The monoisotopic (exact) mass is 212 g/mol. The molecule has 0 saturated heterocycles. The zero-order valence-electron chi connectivity index (χ0n) is 8.18. The van der Waals surface area contributed by atoms with Gasteiger partial charge in [0.15, 0.2) is 0 Å². The predicted octanol–water partition coefficient (Wildman–Crippen LogP) is 0.691. The Balaban J connectivity index is 2.17. The van der Waals surface area contributed by atoms with E-state index in [1.165, 1.54) is 6.26 Å². The molecule has 15 heavy (non-hydrogen) atoms. The standard InChI is InChI=1S/C8H12N4O3/c9-12-11-3-1-2-10-8(13)7-6-14-4-5-15-7/h6H,1-5H2,(H,10,13). The lowest BCUT2D eigenvalue weighted by atomic mass is 10.4. The Kier molecular flexibility index (Phi) is 4.89. The number of carbonyl (C=O) groups is 1. The first kappa shape index (κ1) is 11.2. The molecule has 0 fully saturated rings. The maximum atomic E-state index is 11.3. The largest absolute Gasteiger partial charge is 0.494 e. The molecule has 0 aromatic carbocycles. The van der Waals surface area contributed by atoms with Gasteiger partial charge in [-0.25, -0.2) is 0 Å². The highest BCUT2D eigenvalue weighted by molar-refractivity contribution is 5.91. The molecule has 0 atom stereocenters. The van der Waals surface area contributed by atoms with Crippen LogP contribution in [0.3, 0.4) is 0 Å². The smallest absolute Gasteiger partial charge is 0.289 e. The van der Waals surface area contributed by atoms with Crippen LogP contribution < -0.4 is 5.32 Å². The van der Waals surface area contributed by atoms with Gasteiger partial charge in [-0.05, 0) is 12.0 Å². The average molecular weight is 212 g/mol. The van der Waals surface area contributed by atoms with Crippen molar-refractivity contribution in [3.05, 3.63) is 22.5 Å². The maximum absolute atomic E-state index is 11.3. The van der Waals surface area contributed by atoms with E-state index in [4.69, 9.17) is 15.0 Å². The molecular weight excluding hydrogens is 200 g/mol. The van der Waals surface area contributed by atoms with Gasteiger partial charge in [0, 0.05) is 18.0 Å². The highest BCUT2D eigenvalue weighted by atomic mass is 16.6. The van der Waals surface area contributed by atoms with E-state index in [0.29, 0.717) is 32.7 Å². The van der Waals surface area contributed by atoms with E-state index in [1.807, 2.05) is 0 Å². The molecule has 0 spiro atoms. The Morgan fingerprint density at radius 3 is 3.20 bits per heavy atom. The molecule has 1 rings (SSSR count). The van der Waals surface area contributed by atoms with Gasteiger partial charge in [-0.2, -0.15) is 0 Å². The molecule has 1 heterocycles. The Bertz CT molecular complexity index is 296. The minimum absolute atomic E-state index is 0.185. The minimum Gasteiger partial charge on any atom is -0.494 e. The van der Waals surface area contributed by atoms with Crippen LogP contribution in [-0.2, 0) is 14.3 Å². The highest BCUT2D eigenvalue weighted by Crippen LogP contribution is 2.03. The number of carbonyl (C=O) groups excluding carboxylic acids is 1. The molecule has 0 saturated carbocycles. The van der Waals surface area contributed by atoms with Crippen molar-refractivity contribution < 1.29 is 14.3 Å².